The van der Waals surface area contributed by atoms with Crippen LogP contribution < -0.4 is 5.32 Å². The Labute approximate surface area is 118 Å². The average molecular weight is 316 g/mol. The van der Waals surface area contributed by atoms with Gasteiger partial charge in [-0.05, 0) is 43.0 Å². The van der Waals surface area contributed by atoms with Crippen LogP contribution in [0.15, 0.2) is 22.7 Å². The Balaban J connectivity index is 2.97. The van der Waals surface area contributed by atoms with E-state index in [0.29, 0.717) is 0 Å². The smallest absolute Gasteiger partial charge is 0.128 e. The van der Waals surface area contributed by atoms with Crippen molar-refractivity contribution in [3.8, 4) is 0 Å². The zero-order valence-electron chi connectivity index (χ0n) is 11.7. The first-order valence-corrected chi connectivity index (χ1v) is 7.31. The van der Waals surface area contributed by atoms with Gasteiger partial charge in [0.1, 0.15) is 5.82 Å². The van der Waals surface area contributed by atoms with Crippen molar-refractivity contribution in [1.82, 2.24) is 5.32 Å². The Hall–Kier alpha value is -0.410. The van der Waals surface area contributed by atoms with Gasteiger partial charge in [-0.15, -0.1) is 0 Å². The molecule has 0 bridgehead atoms. The molecule has 0 aliphatic heterocycles. The van der Waals surface area contributed by atoms with E-state index >= 15 is 0 Å². The normalized spacial score (nSPS) is 13.7. The van der Waals surface area contributed by atoms with E-state index in [0.717, 1.165) is 29.4 Å². The van der Waals surface area contributed by atoms with E-state index in [4.69, 9.17) is 0 Å². The average Bonchev–Trinajstić information content (AvgIpc) is 2.26. The van der Waals surface area contributed by atoms with Crippen LogP contribution in [-0.4, -0.2) is 6.54 Å². The van der Waals surface area contributed by atoms with Gasteiger partial charge in [0.15, 0.2) is 0 Å². The van der Waals surface area contributed by atoms with Crippen molar-refractivity contribution in [2.75, 3.05) is 6.54 Å². The molecule has 18 heavy (non-hydrogen) atoms. The van der Waals surface area contributed by atoms with Crippen LogP contribution in [0, 0.1) is 11.2 Å². The summed E-state index contributed by atoms with van der Waals surface area (Å²) in [6.45, 7) is 9.58. The summed E-state index contributed by atoms with van der Waals surface area (Å²) in [6, 6.07) is 5.23. The zero-order chi connectivity index (χ0) is 13.8. The maximum Gasteiger partial charge on any atom is 0.128 e. The molecule has 1 N–H and O–H groups in total. The highest BCUT2D eigenvalue weighted by molar-refractivity contribution is 9.10. The van der Waals surface area contributed by atoms with Gasteiger partial charge >= 0.3 is 0 Å². The minimum absolute atomic E-state index is 0.0717. The first kappa shape index (κ1) is 15.6. The Morgan fingerprint density at radius 1 is 1.33 bits per heavy atom. The van der Waals surface area contributed by atoms with E-state index in [1.54, 1.807) is 6.07 Å². The SMILES string of the molecule is CCCNC(CC(C)(C)C)c1cc(Br)ccc1F. The van der Waals surface area contributed by atoms with Crippen LogP contribution in [0.25, 0.3) is 0 Å². The fourth-order valence-electron chi connectivity index (χ4n) is 2.00. The van der Waals surface area contributed by atoms with Crippen molar-refractivity contribution in [3.63, 3.8) is 0 Å². The highest BCUT2D eigenvalue weighted by Gasteiger charge is 2.22. The molecule has 1 aromatic rings. The quantitative estimate of drug-likeness (QED) is 0.800. The van der Waals surface area contributed by atoms with E-state index in [1.165, 1.54) is 6.07 Å². The molecule has 0 aliphatic rings. The first-order valence-electron chi connectivity index (χ1n) is 6.52. The van der Waals surface area contributed by atoms with Gasteiger partial charge in [0.25, 0.3) is 0 Å². The first-order chi connectivity index (χ1) is 8.33. The molecule has 0 fully saturated rings. The van der Waals surface area contributed by atoms with Gasteiger partial charge in [0.05, 0.1) is 0 Å². The number of hydrogen-bond acceptors (Lipinski definition) is 1. The lowest BCUT2D eigenvalue weighted by Gasteiger charge is -2.27. The van der Waals surface area contributed by atoms with E-state index in [-0.39, 0.29) is 17.3 Å². The van der Waals surface area contributed by atoms with Crippen molar-refractivity contribution in [2.45, 2.75) is 46.6 Å². The van der Waals surface area contributed by atoms with E-state index in [1.807, 2.05) is 6.07 Å². The topological polar surface area (TPSA) is 12.0 Å². The summed E-state index contributed by atoms with van der Waals surface area (Å²) in [5.74, 6) is -0.129. The zero-order valence-corrected chi connectivity index (χ0v) is 13.3. The second kappa shape index (κ2) is 6.67. The fraction of sp³-hybridized carbons (Fsp3) is 0.600. The van der Waals surface area contributed by atoms with Crippen molar-refractivity contribution in [1.29, 1.82) is 0 Å². The molecule has 1 rings (SSSR count). The summed E-state index contributed by atoms with van der Waals surface area (Å²) in [6.07, 6.45) is 1.97. The predicted molar refractivity (Wildman–Crippen MR) is 79.2 cm³/mol. The number of rotatable bonds is 5. The van der Waals surface area contributed by atoms with Crippen LogP contribution in [0.2, 0.25) is 0 Å². The largest absolute Gasteiger partial charge is 0.310 e. The van der Waals surface area contributed by atoms with E-state index in [9.17, 15) is 4.39 Å². The predicted octanol–water partition coefficient (Wildman–Crippen LogP) is 5.07. The highest BCUT2D eigenvalue weighted by Crippen LogP contribution is 2.31. The molecule has 102 valence electrons. The molecular formula is C15H23BrFN. The van der Waals surface area contributed by atoms with Crippen molar-refractivity contribution >= 4 is 15.9 Å². The number of benzene rings is 1. The molecular weight excluding hydrogens is 293 g/mol. The molecule has 0 heterocycles. The molecule has 0 aliphatic carbocycles. The van der Waals surface area contributed by atoms with Gasteiger partial charge in [0.2, 0.25) is 0 Å². The van der Waals surface area contributed by atoms with Crippen LogP contribution in [0.4, 0.5) is 4.39 Å². The Morgan fingerprint density at radius 2 is 2.00 bits per heavy atom. The second-order valence-corrected chi connectivity index (χ2v) is 6.85. The molecule has 0 aromatic heterocycles. The van der Waals surface area contributed by atoms with Crippen LogP contribution in [-0.2, 0) is 0 Å². The van der Waals surface area contributed by atoms with Crippen LogP contribution in [0.5, 0.6) is 0 Å². The molecule has 1 nitrogen and oxygen atoms in total. The fourth-order valence-corrected chi connectivity index (χ4v) is 2.38. The third-order valence-electron chi connectivity index (χ3n) is 2.79. The number of halogens is 2. The monoisotopic (exact) mass is 315 g/mol. The van der Waals surface area contributed by atoms with Gasteiger partial charge in [-0.1, -0.05) is 43.6 Å². The molecule has 0 saturated carbocycles. The molecule has 1 aromatic carbocycles. The lowest BCUT2D eigenvalue weighted by atomic mass is 9.85. The van der Waals surface area contributed by atoms with Crippen LogP contribution >= 0.6 is 15.9 Å². The maximum atomic E-state index is 14.0. The lowest BCUT2D eigenvalue weighted by Crippen LogP contribution is -2.27. The van der Waals surface area contributed by atoms with E-state index in [2.05, 4.69) is 48.9 Å². The Kier molecular flexibility index (Phi) is 5.80. The van der Waals surface area contributed by atoms with Gasteiger partial charge in [-0.2, -0.15) is 0 Å². The van der Waals surface area contributed by atoms with Gasteiger partial charge in [0, 0.05) is 16.1 Å². The molecule has 0 amide bonds. The summed E-state index contributed by atoms with van der Waals surface area (Å²) >= 11 is 3.42. The third-order valence-corrected chi connectivity index (χ3v) is 3.28. The number of hydrogen-bond donors (Lipinski definition) is 1. The van der Waals surface area contributed by atoms with Crippen molar-refractivity contribution in [2.24, 2.45) is 5.41 Å². The Morgan fingerprint density at radius 3 is 2.56 bits per heavy atom. The summed E-state index contributed by atoms with van der Waals surface area (Å²) < 4.78 is 14.9. The van der Waals surface area contributed by atoms with Gasteiger partial charge < -0.3 is 5.32 Å². The van der Waals surface area contributed by atoms with Crippen LogP contribution in [0.3, 0.4) is 0 Å². The minimum Gasteiger partial charge on any atom is -0.310 e. The minimum atomic E-state index is -0.129. The molecule has 3 heteroatoms. The molecule has 1 atom stereocenters. The standard InChI is InChI=1S/C15H23BrFN/c1-5-8-18-14(10-15(2,3)4)12-9-11(16)6-7-13(12)17/h6-7,9,14,18H,5,8,10H2,1-4H3. The molecule has 0 spiro atoms. The van der Waals surface area contributed by atoms with E-state index < -0.39 is 0 Å². The maximum absolute atomic E-state index is 14.0. The van der Waals surface area contributed by atoms with Crippen LogP contribution in [0.1, 0.15) is 52.1 Å². The summed E-state index contributed by atoms with van der Waals surface area (Å²) in [4.78, 5) is 0. The molecule has 1 unspecified atom stereocenters. The summed E-state index contributed by atoms with van der Waals surface area (Å²) in [5.41, 5.74) is 0.924. The lowest BCUT2D eigenvalue weighted by molar-refractivity contribution is 0.307. The second-order valence-electron chi connectivity index (χ2n) is 5.94. The molecule has 0 saturated heterocycles. The third kappa shape index (κ3) is 5.07. The van der Waals surface area contributed by atoms with Crippen molar-refractivity contribution in [3.05, 3.63) is 34.1 Å². The number of nitrogens with one attached hydrogen (secondary N) is 1. The highest BCUT2D eigenvalue weighted by atomic mass is 79.9. The summed E-state index contributed by atoms with van der Waals surface area (Å²) in [7, 11) is 0. The van der Waals surface area contributed by atoms with Crippen molar-refractivity contribution < 1.29 is 4.39 Å². The van der Waals surface area contributed by atoms with Gasteiger partial charge in [-0.3, -0.25) is 0 Å². The summed E-state index contributed by atoms with van der Waals surface area (Å²) in [5, 5.41) is 3.45. The molecule has 0 radical (unpaired) electrons. The Bertz CT molecular complexity index is 385. The van der Waals surface area contributed by atoms with Gasteiger partial charge in [-0.25, -0.2) is 4.39 Å².